The van der Waals surface area contributed by atoms with Gasteiger partial charge in [-0.2, -0.15) is 18.2 Å². The Morgan fingerprint density at radius 1 is 1.32 bits per heavy atom. The third-order valence-electron chi connectivity index (χ3n) is 3.67. The van der Waals surface area contributed by atoms with Crippen molar-refractivity contribution in [3.8, 4) is 0 Å². The van der Waals surface area contributed by atoms with Gasteiger partial charge in [0, 0.05) is 26.0 Å². The van der Waals surface area contributed by atoms with Crippen molar-refractivity contribution >= 4 is 35.5 Å². The van der Waals surface area contributed by atoms with Crippen LogP contribution in [-0.4, -0.2) is 35.7 Å². The van der Waals surface area contributed by atoms with Crippen molar-refractivity contribution in [1.29, 1.82) is 0 Å². The summed E-state index contributed by atoms with van der Waals surface area (Å²) in [5.41, 5.74) is 4.71. The lowest BCUT2D eigenvalue weighted by molar-refractivity contribution is -0.137. The Bertz CT molecular complexity index is 995. The van der Waals surface area contributed by atoms with E-state index in [1.54, 1.807) is 0 Å². The predicted octanol–water partition coefficient (Wildman–Crippen LogP) is 2.93. The number of rotatable bonds is 8. The normalized spacial score (nSPS) is 12.1. The number of nitrogens with one attached hydrogen (secondary N) is 3. The predicted molar refractivity (Wildman–Crippen MR) is 109 cm³/mol. The molecule has 0 fully saturated rings. The maximum Gasteiger partial charge on any atom is 0.416 e. The summed E-state index contributed by atoms with van der Waals surface area (Å²) in [5.74, 6) is -1.18. The quantitative estimate of drug-likeness (QED) is 0.356. The molecule has 1 aromatic heterocycles. The first kappa shape index (κ1) is 23.9. The van der Waals surface area contributed by atoms with Crippen LogP contribution in [0.15, 0.2) is 41.3 Å². The summed E-state index contributed by atoms with van der Waals surface area (Å²) < 4.78 is 52.1. The van der Waals surface area contributed by atoms with Gasteiger partial charge < -0.3 is 21.7 Å². The van der Waals surface area contributed by atoms with E-state index < -0.39 is 17.6 Å². The SMILES string of the molecule is CNC(=O)CN=CC(=CN)Nc1ncc(Cl)c(NCc2cc(F)cc(C(F)(F)F)c2)n1. The highest BCUT2D eigenvalue weighted by Crippen LogP contribution is 2.30. The van der Waals surface area contributed by atoms with Crippen LogP contribution in [0.3, 0.4) is 0 Å². The van der Waals surface area contributed by atoms with E-state index in [1.807, 2.05) is 0 Å². The number of alkyl halides is 3. The maximum absolute atomic E-state index is 13.5. The highest BCUT2D eigenvalue weighted by Gasteiger charge is 2.31. The second-order valence-corrected chi connectivity index (χ2v) is 6.39. The number of aromatic nitrogens is 2. The molecule has 0 bridgehead atoms. The molecule has 31 heavy (non-hydrogen) atoms. The number of amides is 1. The van der Waals surface area contributed by atoms with Gasteiger partial charge in [0.15, 0.2) is 5.82 Å². The lowest BCUT2D eigenvalue weighted by atomic mass is 10.1. The molecule has 0 aliphatic rings. The average Bonchev–Trinajstić information content (AvgIpc) is 2.72. The molecular weight excluding hydrogens is 442 g/mol. The molecule has 0 spiro atoms. The number of carbonyl (C=O) groups is 1. The van der Waals surface area contributed by atoms with E-state index in [0.717, 1.165) is 12.1 Å². The van der Waals surface area contributed by atoms with Crippen molar-refractivity contribution in [2.75, 3.05) is 24.2 Å². The molecule has 5 N–H and O–H groups in total. The molecule has 0 aliphatic carbocycles. The van der Waals surface area contributed by atoms with E-state index in [4.69, 9.17) is 17.3 Å². The molecule has 1 aromatic carbocycles. The van der Waals surface area contributed by atoms with Gasteiger partial charge >= 0.3 is 6.18 Å². The van der Waals surface area contributed by atoms with E-state index in [9.17, 15) is 22.4 Å². The van der Waals surface area contributed by atoms with Crippen LogP contribution in [0.2, 0.25) is 5.02 Å². The number of nitrogens with two attached hydrogens (primary N) is 1. The third-order valence-corrected chi connectivity index (χ3v) is 3.95. The fourth-order valence-corrected chi connectivity index (χ4v) is 2.36. The number of anilines is 2. The molecule has 2 aromatic rings. The van der Waals surface area contributed by atoms with Crippen molar-refractivity contribution in [3.63, 3.8) is 0 Å². The van der Waals surface area contributed by atoms with Crippen LogP contribution in [-0.2, 0) is 17.5 Å². The summed E-state index contributed by atoms with van der Waals surface area (Å²) in [7, 11) is 1.47. The number of nitrogens with zero attached hydrogens (tertiary/aromatic N) is 3. The van der Waals surface area contributed by atoms with Crippen LogP contribution in [0, 0.1) is 5.82 Å². The Morgan fingerprint density at radius 2 is 2.06 bits per heavy atom. The average molecular weight is 460 g/mol. The number of carbonyl (C=O) groups excluding carboxylic acids is 1. The zero-order valence-electron chi connectivity index (χ0n) is 16.1. The molecule has 0 aliphatic heterocycles. The van der Waals surface area contributed by atoms with E-state index in [2.05, 4.69) is 30.9 Å². The Kier molecular flexibility index (Phi) is 8.14. The Morgan fingerprint density at radius 3 is 2.71 bits per heavy atom. The topological polar surface area (TPSA) is 117 Å². The Hall–Kier alpha value is -3.41. The highest BCUT2D eigenvalue weighted by atomic mass is 35.5. The molecule has 8 nitrogen and oxygen atoms in total. The van der Waals surface area contributed by atoms with E-state index in [0.29, 0.717) is 6.07 Å². The Balaban J connectivity index is 2.11. The van der Waals surface area contributed by atoms with Gasteiger partial charge in [-0.05, 0) is 23.8 Å². The van der Waals surface area contributed by atoms with Gasteiger partial charge in [-0.3, -0.25) is 9.79 Å². The lowest BCUT2D eigenvalue weighted by Gasteiger charge is -2.12. The second kappa shape index (κ2) is 10.6. The number of benzene rings is 1. The molecule has 0 saturated carbocycles. The molecule has 2 rings (SSSR count). The van der Waals surface area contributed by atoms with Gasteiger partial charge in [-0.1, -0.05) is 11.6 Å². The van der Waals surface area contributed by atoms with Crippen LogP contribution in [0.25, 0.3) is 0 Å². The third kappa shape index (κ3) is 7.41. The van der Waals surface area contributed by atoms with Gasteiger partial charge in [0.05, 0.1) is 17.5 Å². The molecule has 1 heterocycles. The number of hydrogen-bond acceptors (Lipinski definition) is 7. The number of aliphatic imine (C=N–C) groups is 1. The monoisotopic (exact) mass is 459 g/mol. The minimum Gasteiger partial charge on any atom is -0.403 e. The van der Waals surface area contributed by atoms with Crippen molar-refractivity contribution in [2.24, 2.45) is 10.7 Å². The van der Waals surface area contributed by atoms with Crippen LogP contribution >= 0.6 is 11.6 Å². The summed E-state index contributed by atoms with van der Waals surface area (Å²) in [4.78, 5) is 23.1. The van der Waals surface area contributed by atoms with E-state index in [1.165, 1.54) is 25.7 Å². The van der Waals surface area contributed by atoms with Gasteiger partial charge in [0.25, 0.3) is 0 Å². The largest absolute Gasteiger partial charge is 0.416 e. The maximum atomic E-state index is 13.5. The molecule has 0 unspecified atom stereocenters. The smallest absolute Gasteiger partial charge is 0.403 e. The van der Waals surface area contributed by atoms with Crippen molar-refractivity contribution < 1.29 is 22.4 Å². The van der Waals surface area contributed by atoms with Crippen LogP contribution in [0.1, 0.15) is 11.1 Å². The number of allylic oxidation sites excluding steroid dienone is 1. The molecule has 0 radical (unpaired) electrons. The summed E-state index contributed by atoms with van der Waals surface area (Å²) in [6.07, 6.45) is -0.956. The number of likely N-dealkylation sites (N-methyl/N-ethyl adjacent to an activating group) is 1. The van der Waals surface area contributed by atoms with Crippen LogP contribution < -0.4 is 21.7 Å². The standard InChI is InChI=1S/C18H18ClF4N7O/c1-25-15(31)9-26-7-13(5-24)29-17-28-8-14(19)16(30-17)27-6-10-2-11(18(21,22)23)4-12(20)3-10/h2-5,7-8H,6,9,24H2,1H3,(H,25,31)(H2,27,28,29,30). The van der Waals surface area contributed by atoms with Gasteiger partial charge in [-0.25, -0.2) is 9.37 Å². The van der Waals surface area contributed by atoms with Gasteiger partial charge in [0.2, 0.25) is 11.9 Å². The van der Waals surface area contributed by atoms with Crippen molar-refractivity contribution in [1.82, 2.24) is 15.3 Å². The van der Waals surface area contributed by atoms with Crippen LogP contribution in [0.4, 0.5) is 29.3 Å². The fraction of sp³-hybridized carbons (Fsp3) is 0.222. The zero-order chi connectivity index (χ0) is 23.0. The zero-order valence-corrected chi connectivity index (χ0v) is 16.9. The molecule has 13 heteroatoms. The summed E-state index contributed by atoms with van der Waals surface area (Å²) in [5, 5.41) is 7.98. The molecule has 0 saturated heterocycles. The van der Waals surface area contributed by atoms with Crippen molar-refractivity contribution in [2.45, 2.75) is 12.7 Å². The summed E-state index contributed by atoms with van der Waals surface area (Å²) in [6.45, 7) is -0.290. The first-order valence-corrected chi connectivity index (χ1v) is 9.02. The minimum absolute atomic E-state index is 0.0420. The van der Waals surface area contributed by atoms with Gasteiger partial charge in [0.1, 0.15) is 17.4 Å². The second-order valence-electron chi connectivity index (χ2n) is 5.98. The van der Waals surface area contributed by atoms with Gasteiger partial charge in [-0.15, -0.1) is 0 Å². The first-order chi connectivity index (χ1) is 14.6. The summed E-state index contributed by atoms with van der Waals surface area (Å²) >= 11 is 6.02. The van der Waals surface area contributed by atoms with Crippen molar-refractivity contribution in [3.05, 3.63) is 58.3 Å². The lowest BCUT2D eigenvalue weighted by Crippen LogP contribution is -2.20. The molecule has 0 atom stereocenters. The molecule has 1 amide bonds. The number of hydrogen-bond donors (Lipinski definition) is 4. The summed E-state index contributed by atoms with van der Waals surface area (Å²) in [6, 6.07) is 2.20. The minimum atomic E-state index is -4.68. The number of halogens is 5. The Labute approximate surface area is 179 Å². The molecular formula is C18H18ClF4N7O. The highest BCUT2D eigenvalue weighted by molar-refractivity contribution is 6.32. The first-order valence-electron chi connectivity index (χ1n) is 8.64. The fourth-order valence-electron chi connectivity index (χ4n) is 2.21. The molecule has 166 valence electrons. The van der Waals surface area contributed by atoms with Crippen LogP contribution in [0.5, 0.6) is 0 Å². The van der Waals surface area contributed by atoms with E-state index in [-0.39, 0.29) is 47.0 Å². The van der Waals surface area contributed by atoms with E-state index >= 15 is 0 Å².